The maximum Gasteiger partial charge on any atom is 0.124 e. The Labute approximate surface area is 137 Å². The molecule has 1 heterocycles. The summed E-state index contributed by atoms with van der Waals surface area (Å²) in [6.07, 6.45) is 7.79. The van der Waals surface area contributed by atoms with Crippen LogP contribution in [-0.4, -0.2) is 9.78 Å². The molecule has 0 aliphatic heterocycles. The van der Waals surface area contributed by atoms with E-state index in [-0.39, 0.29) is 11.9 Å². The molecule has 1 fully saturated rings. The Bertz CT molecular complexity index is 620. The molecule has 2 N–H and O–H groups in total. The first-order valence-corrected chi connectivity index (χ1v) is 8.46. The molecule has 112 valence electrons. The molecule has 5 heteroatoms. The summed E-state index contributed by atoms with van der Waals surface area (Å²) < 4.78 is 16.1. The van der Waals surface area contributed by atoms with E-state index in [1.54, 1.807) is 6.07 Å². The van der Waals surface area contributed by atoms with Gasteiger partial charge in [-0.25, -0.2) is 4.39 Å². The summed E-state index contributed by atoms with van der Waals surface area (Å²) in [5.41, 5.74) is 8.25. The van der Waals surface area contributed by atoms with E-state index < -0.39 is 0 Å². The molecule has 0 spiro atoms. The van der Waals surface area contributed by atoms with Crippen LogP contribution in [0.3, 0.4) is 0 Å². The van der Waals surface area contributed by atoms with Crippen molar-refractivity contribution in [3.05, 3.63) is 51.1 Å². The van der Waals surface area contributed by atoms with Crippen LogP contribution < -0.4 is 5.73 Å². The Kier molecular flexibility index (Phi) is 4.59. The van der Waals surface area contributed by atoms with Crippen LogP contribution in [-0.2, 0) is 6.42 Å². The lowest BCUT2D eigenvalue weighted by Gasteiger charge is -2.13. The van der Waals surface area contributed by atoms with Gasteiger partial charge in [-0.15, -0.1) is 0 Å². The van der Waals surface area contributed by atoms with Crippen LogP contribution >= 0.6 is 22.6 Å². The first-order valence-electron chi connectivity index (χ1n) is 7.38. The number of rotatable bonds is 4. The van der Waals surface area contributed by atoms with Crippen LogP contribution in [0.1, 0.15) is 49.0 Å². The first kappa shape index (κ1) is 15.0. The molecule has 1 aromatic heterocycles. The lowest BCUT2D eigenvalue weighted by molar-refractivity contribution is 0.461. The highest BCUT2D eigenvalue weighted by molar-refractivity contribution is 14.1. The summed E-state index contributed by atoms with van der Waals surface area (Å²) in [5.74, 6) is -0.221. The number of nitrogens with zero attached hydrogens (tertiary/aromatic N) is 2. The van der Waals surface area contributed by atoms with Gasteiger partial charge in [-0.05, 0) is 59.2 Å². The predicted octanol–water partition coefficient (Wildman–Crippen LogP) is 3.98. The van der Waals surface area contributed by atoms with E-state index in [2.05, 4.69) is 44.6 Å². The van der Waals surface area contributed by atoms with E-state index >= 15 is 0 Å². The second-order valence-corrected chi connectivity index (χ2v) is 6.86. The summed E-state index contributed by atoms with van der Waals surface area (Å²) in [6, 6.07) is 7.22. The number of aromatic nitrogens is 2. The van der Waals surface area contributed by atoms with Gasteiger partial charge in [-0.1, -0.05) is 18.9 Å². The van der Waals surface area contributed by atoms with Crippen LogP contribution in [0.4, 0.5) is 4.39 Å². The van der Waals surface area contributed by atoms with Gasteiger partial charge in [0.05, 0.1) is 11.7 Å². The summed E-state index contributed by atoms with van der Waals surface area (Å²) in [7, 11) is 0. The van der Waals surface area contributed by atoms with Gasteiger partial charge in [-0.2, -0.15) is 5.10 Å². The Morgan fingerprint density at radius 1 is 1.33 bits per heavy atom. The van der Waals surface area contributed by atoms with Gasteiger partial charge in [0.15, 0.2) is 0 Å². The Morgan fingerprint density at radius 3 is 2.81 bits per heavy atom. The van der Waals surface area contributed by atoms with Crippen molar-refractivity contribution in [1.29, 1.82) is 0 Å². The number of nitrogens with two attached hydrogens (primary N) is 1. The number of benzene rings is 1. The van der Waals surface area contributed by atoms with Crippen molar-refractivity contribution >= 4 is 22.6 Å². The minimum atomic E-state index is -0.221. The zero-order valence-corrected chi connectivity index (χ0v) is 14.0. The molecule has 21 heavy (non-hydrogen) atoms. The maximum absolute atomic E-state index is 13.2. The van der Waals surface area contributed by atoms with E-state index in [0.29, 0.717) is 12.5 Å². The SMILES string of the molecule is NC(Cc1ccn(C2CCCC2)n1)c1ccc(F)cc1I. The standard InChI is InChI=1S/C16H19FIN3/c17-11-5-6-14(15(18)9-11)16(19)10-12-7-8-21(20-12)13-3-1-2-4-13/h5-9,13,16H,1-4,10,19H2. The van der Waals surface area contributed by atoms with Crippen molar-refractivity contribution in [2.75, 3.05) is 0 Å². The summed E-state index contributed by atoms with van der Waals surface area (Å²) in [6.45, 7) is 0. The Balaban J connectivity index is 1.70. The quantitative estimate of drug-likeness (QED) is 0.791. The summed E-state index contributed by atoms with van der Waals surface area (Å²) in [5, 5.41) is 4.67. The van der Waals surface area contributed by atoms with Gasteiger partial charge in [0, 0.05) is 22.2 Å². The third kappa shape index (κ3) is 3.45. The summed E-state index contributed by atoms with van der Waals surface area (Å²) >= 11 is 2.13. The molecule has 1 aliphatic rings. The predicted molar refractivity (Wildman–Crippen MR) is 89.5 cm³/mol. The summed E-state index contributed by atoms with van der Waals surface area (Å²) in [4.78, 5) is 0. The van der Waals surface area contributed by atoms with Gasteiger partial charge in [-0.3, -0.25) is 4.68 Å². The van der Waals surface area contributed by atoms with Crippen LogP contribution in [0.2, 0.25) is 0 Å². The molecule has 1 saturated carbocycles. The van der Waals surface area contributed by atoms with E-state index in [1.807, 2.05) is 0 Å². The fourth-order valence-electron chi connectivity index (χ4n) is 3.00. The van der Waals surface area contributed by atoms with Gasteiger partial charge in [0.2, 0.25) is 0 Å². The van der Waals surface area contributed by atoms with Gasteiger partial charge < -0.3 is 5.73 Å². The van der Waals surface area contributed by atoms with Gasteiger partial charge in [0.1, 0.15) is 5.82 Å². The average molecular weight is 399 g/mol. The van der Waals surface area contributed by atoms with Gasteiger partial charge in [0.25, 0.3) is 0 Å². The number of hydrogen-bond acceptors (Lipinski definition) is 2. The normalized spacial score (nSPS) is 17.3. The molecule has 1 aromatic carbocycles. The fourth-order valence-corrected chi connectivity index (χ4v) is 3.87. The monoisotopic (exact) mass is 399 g/mol. The molecule has 3 rings (SSSR count). The Hall–Kier alpha value is -0.950. The molecular formula is C16H19FIN3. The molecule has 0 radical (unpaired) electrons. The zero-order valence-electron chi connectivity index (χ0n) is 11.8. The van der Waals surface area contributed by atoms with Crippen molar-refractivity contribution in [1.82, 2.24) is 9.78 Å². The smallest absolute Gasteiger partial charge is 0.124 e. The molecule has 1 aliphatic carbocycles. The van der Waals surface area contributed by atoms with Crippen LogP contribution in [0.5, 0.6) is 0 Å². The van der Waals surface area contributed by atoms with E-state index in [4.69, 9.17) is 5.73 Å². The van der Waals surface area contributed by atoms with Crippen molar-refractivity contribution in [3.63, 3.8) is 0 Å². The molecular weight excluding hydrogens is 380 g/mol. The van der Waals surface area contributed by atoms with E-state index in [9.17, 15) is 4.39 Å². The van der Waals surface area contributed by atoms with Crippen molar-refractivity contribution in [2.24, 2.45) is 5.73 Å². The van der Waals surface area contributed by atoms with Crippen molar-refractivity contribution < 1.29 is 4.39 Å². The third-order valence-electron chi connectivity index (χ3n) is 4.15. The van der Waals surface area contributed by atoms with Crippen molar-refractivity contribution in [3.8, 4) is 0 Å². The van der Waals surface area contributed by atoms with E-state index in [0.717, 1.165) is 14.8 Å². The van der Waals surface area contributed by atoms with Gasteiger partial charge >= 0.3 is 0 Å². The minimum absolute atomic E-state index is 0.149. The largest absolute Gasteiger partial charge is 0.324 e. The number of halogens is 2. The second kappa shape index (κ2) is 6.44. The average Bonchev–Trinajstić information content (AvgIpc) is 3.08. The molecule has 0 saturated heterocycles. The topological polar surface area (TPSA) is 43.8 Å². The number of hydrogen-bond donors (Lipinski definition) is 1. The molecule has 1 atom stereocenters. The Morgan fingerprint density at radius 2 is 2.10 bits per heavy atom. The highest BCUT2D eigenvalue weighted by Gasteiger charge is 2.18. The van der Waals surface area contributed by atoms with E-state index in [1.165, 1.54) is 37.8 Å². The fraction of sp³-hybridized carbons (Fsp3) is 0.438. The zero-order chi connectivity index (χ0) is 14.8. The highest BCUT2D eigenvalue weighted by atomic mass is 127. The molecule has 0 bridgehead atoms. The van der Waals surface area contributed by atoms with Crippen LogP contribution in [0, 0.1) is 9.39 Å². The molecule has 3 nitrogen and oxygen atoms in total. The minimum Gasteiger partial charge on any atom is -0.324 e. The third-order valence-corrected chi connectivity index (χ3v) is 5.09. The maximum atomic E-state index is 13.2. The lowest BCUT2D eigenvalue weighted by atomic mass is 10.0. The molecule has 1 unspecified atom stereocenters. The molecule has 0 amide bonds. The van der Waals surface area contributed by atoms with Crippen LogP contribution in [0.25, 0.3) is 0 Å². The highest BCUT2D eigenvalue weighted by Crippen LogP contribution is 2.29. The first-order chi connectivity index (χ1) is 10.1. The van der Waals surface area contributed by atoms with Crippen molar-refractivity contribution in [2.45, 2.75) is 44.2 Å². The second-order valence-electron chi connectivity index (χ2n) is 5.70. The van der Waals surface area contributed by atoms with Crippen LogP contribution in [0.15, 0.2) is 30.5 Å². The molecule has 2 aromatic rings. The lowest BCUT2D eigenvalue weighted by Crippen LogP contribution is -2.15.